The molecule has 0 atom stereocenters. The minimum absolute atomic E-state index is 0.0781. The van der Waals surface area contributed by atoms with Gasteiger partial charge in [0.2, 0.25) is 5.91 Å². The van der Waals surface area contributed by atoms with E-state index in [1.807, 2.05) is 42.5 Å². The third-order valence-electron chi connectivity index (χ3n) is 5.99. The second-order valence-corrected chi connectivity index (χ2v) is 8.12. The summed E-state index contributed by atoms with van der Waals surface area (Å²) in [6, 6.07) is 26.8. The van der Waals surface area contributed by atoms with Gasteiger partial charge in [-0.1, -0.05) is 54.6 Å². The molecular weight excluding hydrogens is 398 g/mol. The average Bonchev–Trinajstić information content (AvgIpc) is 2.85. The van der Waals surface area contributed by atoms with Crippen LogP contribution in [0.15, 0.2) is 78.9 Å². The van der Waals surface area contributed by atoms with E-state index in [1.54, 1.807) is 7.11 Å². The highest BCUT2D eigenvalue weighted by Crippen LogP contribution is 2.21. The fraction of sp³-hybridized carbons (Fsp3) is 0.296. The topological polar surface area (TPSA) is 44.8 Å². The third-order valence-corrected chi connectivity index (χ3v) is 5.99. The van der Waals surface area contributed by atoms with E-state index in [0.29, 0.717) is 13.0 Å². The van der Waals surface area contributed by atoms with E-state index < -0.39 is 0 Å². The lowest BCUT2D eigenvalue weighted by Gasteiger charge is -2.36. The summed E-state index contributed by atoms with van der Waals surface area (Å²) in [7, 11) is 1.69. The minimum Gasteiger partial charge on any atom is -0.497 e. The Labute approximate surface area is 190 Å². The Hall–Kier alpha value is -3.31. The van der Waals surface area contributed by atoms with Gasteiger partial charge in [0.1, 0.15) is 5.75 Å². The molecule has 3 aromatic rings. The molecule has 1 heterocycles. The number of hydrogen-bond donors (Lipinski definition) is 1. The van der Waals surface area contributed by atoms with Gasteiger partial charge in [0.05, 0.1) is 13.5 Å². The summed E-state index contributed by atoms with van der Waals surface area (Å²) in [4.78, 5) is 17.2. The van der Waals surface area contributed by atoms with E-state index in [-0.39, 0.29) is 5.91 Å². The van der Waals surface area contributed by atoms with Gasteiger partial charge in [-0.05, 0) is 41.0 Å². The van der Waals surface area contributed by atoms with Crippen molar-refractivity contribution in [3.05, 3.63) is 84.4 Å². The second kappa shape index (κ2) is 10.8. The number of nitrogens with zero attached hydrogens (tertiary/aromatic N) is 2. The Morgan fingerprint density at radius 1 is 0.844 bits per heavy atom. The molecule has 32 heavy (non-hydrogen) atoms. The van der Waals surface area contributed by atoms with Crippen LogP contribution in [0.25, 0.3) is 11.1 Å². The summed E-state index contributed by atoms with van der Waals surface area (Å²) in [6.07, 6.45) is 0.417. The highest BCUT2D eigenvalue weighted by Gasteiger charge is 2.17. The molecule has 1 fully saturated rings. The van der Waals surface area contributed by atoms with Gasteiger partial charge < -0.3 is 15.0 Å². The van der Waals surface area contributed by atoms with Crippen molar-refractivity contribution in [1.29, 1.82) is 0 Å². The lowest BCUT2D eigenvalue weighted by molar-refractivity contribution is -0.120. The van der Waals surface area contributed by atoms with E-state index in [2.05, 4.69) is 51.5 Å². The summed E-state index contributed by atoms with van der Waals surface area (Å²) in [5, 5.41) is 3.07. The van der Waals surface area contributed by atoms with Gasteiger partial charge >= 0.3 is 0 Å². The number of benzene rings is 3. The first-order valence-electron chi connectivity index (χ1n) is 11.2. The molecule has 1 aliphatic rings. The molecule has 0 radical (unpaired) electrons. The zero-order chi connectivity index (χ0) is 22.2. The number of anilines is 1. The highest BCUT2D eigenvalue weighted by atomic mass is 16.5. The van der Waals surface area contributed by atoms with Crippen LogP contribution in [-0.4, -0.2) is 57.2 Å². The fourth-order valence-electron chi connectivity index (χ4n) is 4.07. The molecule has 0 unspecified atom stereocenters. The predicted molar refractivity (Wildman–Crippen MR) is 130 cm³/mol. The van der Waals surface area contributed by atoms with Crippen LogP contribution in [-0.2, 0) is 11.2 Å². The highest BCUT2D eigenvalue weighted by molar-refractivity contribution is 5.78. The van der Waals surface area contributed by atoms with Gasteiger partial charge in [0.15, 0.2) is 0 Å². The number of carbonyl (C=O) groups excluding carboxylic acids is 1. The van der Waals surface area contributed by atoms with Gasteiger partial charge in [-0.15, -0.1) is 0 Å². The summed E-state index contributed by atoms with van der Waals surface area (Å²) >= 11 is 0. The quantitative estimate of drug-likeness (QED) is 0.591. The van der Waals surface area contributed by atoms with Crippen molar-refractivity contribution in [2.75, 3.05) is 51.3 Å². The van der Waals surface area contributed by atoms with Crippen molar-refractivity contribution in [2.24, 2.45) is 0 Å². The van der Waals surface area contributed by atoms with Gasteiger partial charge in [-0.3, -0.25) is 9.69 Å². The van der Waals surface area contributed by atoms with E-state index >= 15 is 0 Å². The molecule has 5 nitrogen and oxygen atoms in total. The molecule has 1 saturated heterocycles. The number of methoxy groups -OCH3 is 1. The van der Waals surface area contributed by atoms with E-state index in [1.165, 1.54) is 16.8 Å². The summed E-state index contributed by atoms with van der Waals surface area (Å²) in [5.41, 5.74) is 4.63. The van der Waals surface area contributed by atoms with Crippen molar-refractivity contribution >= 4 is 11.6 Å². The van der Waals surface area contributed by atoms with Crippen LogP contribution in [0.4, 0.5) is 5.69 Å². The molecule has 4 rings (SSSR count). The van der Waals surface area contributed by atoms with Crippen LogP contribution < -0.4 is 15.0 Å². The molecule has 1 aliphatic heterocycles. The lowest BCUT2D eigenvalue weighted by Crippen LogP contribution is -2.48. The number of hydrogen-bond acceptors (Lipinski definition) is 4. The van der Waals surface area contributed by atoms with Crippen LogP contribution in [0, 0.1) is 0 Å². The van der Waals surface area contributed by atoms with Gasteiger partial charge in [-0.2, -0.15) is 0 Å². The SMILES string of the molecule is COc1ccc(N2CCN(CCNC(=O)Cc3ccc(-c4ccccc4)cc3)CC2)cc1. The van der Waals surface area contributed by atoms with Gasteiger partial charge in [0, 0.05) is 45.0 Å². The van der Waals surface area contributed by atoms with E-state index in [0.717, 1.165) is 44.0 Å². The molecule has 1 amide bonds. The number of amides is 1. The Bertz CT molecular complexity index is 980. The van der Waals surface area contributed by atoms with Crippen LogP contribution in [0.5, 0.6) is 5.75 Å². The molecule has 1 N–H and O–H groups in total. The number of nitrogens with one attached hydrogen (secondary N) is 1. The Kier molecular flexibility index (Phi) is 7.41. The number of piperazine rings is 1. The molecule has 5 heteroatoms. The van der Waals surface area contributed by atoms with E-state index in [9.17, 15) is 4.79 Å². The first-order chi connectivity index (χ1) is 15.7. The maximum absolute atomic E-state index is 12.4. The molecule has 3 aromatic carbocycles. The van der Waals surface area contributed by atoms with Crippen LogP contribution in [0.2, 0.25) is 0 Å². The number of carbonyl (C=O) groups is 1. The zero-order valence-corrected chi connectivity index (χ0v) is 18.7. The van der Waals surface area contributed by atoms with Crippen LogP contribution in [0.1, 0.15) is 5.56 Å². The average molecular weight is 430 g/mol. The fourth-order valence-corrected chi connectivity index (χ4v) is 4.07. The van der Waals surface area contributed by atoms with Crippen molar-refractivity contribution in [2.45, 2.75) is 6.42 Å². The maximum Gasteiger partial charge on any atom is 0.224 e. The molecule has 0 aromatic heterocycles. The first kappa shape index (κ1) is 21.9. The van der Waals surface area contributed by atoms with Crippen LogP contribution >= 0.6 is 0 Å². The Balaban J connectivity index is 1.16. The standard InChI is InChI=1S/C27H31N3O2/c1-32-26-13-11-25(12-14-26)30-19-17-29(18-20-30)16-15-28-27(31)21-22-7-9-24(10-8-22)23-5-3-2-4-6-23/h2-14H,15-21H2,1H3,(H,28,31). The normalized spacial score (nSPS) is 14.2. The first-order valence-corrected chi connectivity index (χ1v) is 11.2. The van der Waals surface area contributed by atoms with Gasteiger partial charge in [-0.25, -0.2) is 0 Å². The smallest absolute Gasteiger partial charge is 0.224 e. The predicted octanol–water partition coefficient (Wildman–Crippen LogP) is 3.84. The minimum atomic E-state index is 0.0781. The van der Waals surface area contributed by atoms with Crippen LogP contribution in [0.3, 0.4) is 0 Å². The van der Waals surface area contributed by atoms with Crippen molar-refractivity contribution < 1.29 is 9.53 Å². The molecule has 166 valence electrons. The third kappa shape index (κ3) is 5.89. The Morgan fingerprint density at radius 3 is 2.16 bits per heavy atom. The monoisotopic (exact) mass is 429 g/mol. The maximum atomic E-state index is 12.4. The lowest BCUT2D eigenvalue weighted by atomic mass is 10.0. The molecule has 0 saturated carbocycles. The molecule has 0 aliphatic carbocycles. The molecule has 0 bridgehead atoms. The largest absolute Gasteiger partial charge is 0.497 e. The number of rotatable bonds is 8. The van der Waals surface area contributed by atoms with Crippen molar-refractivity contribution in [1.82, 2.24) is 10.2 Å². The number of ether oxygens (including phenoxy) is 1. The summed E-state index contributed by atoms with van der Waals surface area (Å²) < 4.78 is 5.24. The van der Waals surface area contributed by atoms with E-state index in [4.69, 9.17) is 4.74 Å². The second-order valence-electron chi connectivity index (χ2n) is 8.12. The zero-order valence-electron chi connectivity index (χ0n) is 18.7. The molecular formula is C27H31N3O2. The van der Waals surface area contributed by atoms with Crippen molar-refractivity contribution in [3.63, 3.8) is 0 Å². The van der Waals surface area contributed by atoms with Crippen molar-refractivity contribution in [3.8, 4) is 16.9 Å². The summed E-state index contributed by atoms with van der Waals surface area (Å²) in [6.45, 7) is 5.56. The Morgan fingerprint density at radius 2 is 1.50 bits per heavy atom. The molecule has 0 spiro atoms. The summed E-state index contributed by atoms with van der Waals surface area (Å²) in [5.74, 6) is 0.963. The van der Waals surface area contributed by atoms with Gasteiger partial charge in [0.25, 0.3) is 0 Å².